The number of thiazole rings is 2. The van der Waals surface area contributed by atoms with Crippen LogP contribution in [-0.4, -0.2) is 19.9 Å². The average Bonchev–Trinajstić information content (AvgIpc) is 3.90. The molecule has 0 aliphatic heterocycles. The number of rotatable bonds is 6. The van der Waals surface area contributed by atoms with Crippen LogP contribution in [0.15, 0.2) is 156 Å². The molecule has 0 spiro atoms. The maximum Gasteiger partial charge on any atom is 0.0826 e. The summed E-state index contributed by atoms with van der Waals surface area (Å²) >= 11 is 3.18. The van der Waals surface area contributed by atoms with Gasteiger partial charge in [0.05, 0.1) is 22.4 Å². The van der Waals surface area contributed by atoms with E-state index in [0.29, 0.717) is 0 Å². The molecule has 0 aliphatic carbocycles. The van der Waals surface area contributed by atoms with Gasteiger partial charge >= 0.3 is 0 Å². The van der Waals surface area contributed by atoms with Gasteiger partial charge in [-0.1, -0.05) is 84.9 Å². The molecule has 4 aromatic heterocycles. The monoisotopic (exact) mass is 650 g/mol. The van der Waals surface area contributed by atoms with E-state index in [2.05, 4.69) is 130 Å². The van der Waals surface area contributed by atoms with Crippen LogP contribution in [0, 0.1) is 0 Å². The van der Waals surface area contributed by atoms with Crippen LogP contribution < -0.4 is 0 Å². The lowest BCUT2D eigenvalue weighted by molar-refractivity contribution is 1.31. The Balaban J connectivity index is 1.33. The number of fused-ring (bicyclic) bond motifs is 2. The molecule has 0 unspecified atom stereocenters. The predicted molar refractivity (Wildman–Crippen MR) is 201 cm³/mol. The van der Waals surface area contributed by atoms with Crippen molar-refractivity contribution in [3.63, 3.8) is 0 Å². The summed E-state index contributed by atoms with van der Waals surface area (Å²) in [4.78, 5) is 18.6. The summed E-state index contributed by atoms with van der Waals surface area (Å²) in [5.74, 6) is 0. The Bertz CT molecular complexity index is 2560. The van der Waals surface area contributed by atoms with Gasteiger partial charge in [-0.15, -0.1) is 22.7 Å². The van der Waals surface area contributed by atoms with E-state index < -0.39 is 0 Å². The van der Waals surface area contributed by atoms with E-state index in [0.717, 1.165) is 71.9 Å². The number of benzene rings is 5. The molecule has 9 aromatic rings. The number of aromatic nitrogens is 4. The van der Waals surface area contributed by atoms with Crippen molar-refractivity contribution in [3.05, 3.63) is 156 Å². The van der Waals surface area contributed by atoms with Crippen LogP contribution in [0.1, 0.15) is 0 Å². The fourth-order valence-corrected chi connectivity index (χ4v) is 7.75. The van der Waals surface area contributed by atoms with E-state index in [1.54, 1.807) is 22.7 Å². The number of pyridine rings is 2. The second-order valence-electron chi connectivity index (χ2n) is 11.7. The third kappa shape index (κ3) is 5.08. The fraction of sp³-hybridized carbons (Fsp3) is 0. The van der Waals surface area contributed by atoms with Crippen LogP contribution in [0.2, 0.25) is 0 Å². The van der Waals surface area contributed by atoms with Crippen molar-refractivity contribution in [2.24, 2.45) is 0 Å². The molecule has 0 saturated carbocycles. The van der Waals surface area contributed by atoms with Gasteiger partial charge in [0.1, 0.15) is 0 Å². The Hall–Kier alpha value is -5.82. The van der Waals surface area contributed by atoms with E-state index in [4.69, 9.17) is 9.97 Å². The van der Waals surface area contributed by atoms with Crippen molar-refractivity contribution in [3.8, 4) is 67.0 Å². The van der Waals surface area contributed by atoms with Gasteiger partial charge in [-0.25, -0.2) is 9.97 Å². The first-order chi connectivity index (χ1) is 23.8. The van der Waals surface area contributed by atoms with Crippen molar-refractivity contribution >= 4 is 44.2 Å². The first-order valence-corrected chi connectivity index (χ1v) is 17.5. The third-order valence-corrected chi connectivity index (χ3v) is 10.0. The maximum atomic E-state index is 4.73. The molecular weight excluding hydrogens is 625 g/mol. The summed E-state index contributed by atoms with van der Waals surface area (Å²) in [6.45, 7) is 0. The van der Waals surface area contributed by atoms with Crippen LogP contribution >= 0.6 is 22.7 Å². The minimum absolute atomic E-state index is 0.933. The normalized spacial score (nSPS) is 11.3. The van der Waals surface area contributed by atoms with E-state index in [9.17, 15) is 0 Å². The molecule has 0 atom stereocenters. The molecule has 0 amide bonds. The van der Waals surface area contributed by atoms with Gasteiger partial charge in [-0.05, 0) is 79.2 Å². The number of hydrogen-bond donors (Lipinski definition) is 0. The first kappa shape index (κ1) is 28.4. The average molecular weight is 651 g/mol. The molecule has 0 N–H and O–H groups in total. The summed E-state index contributed by atoms with van der Waals surface area (Å²) in [5, 5.41) is 8.77. The highest BCUT2D eigenvalue weighted by atomic mass is 32.1. The highest BCUT2D eigenvalue weighted by molar-refractivity contribution is 7.08. The third-order valence-electron chi connectivity index (χ3n) is 8.84. The van der Waals surface area contributed by atoms with Gasteiger partial charge in [0.2, 0.25) is 0 Å². The standard InChI is InChI=1S/C42H26N4S2/c1-2-7-27(8-3-1)28-9-6-10-29(15-28)30-13-14-37-38(18-30)42(34-17-32(20-44-22-34)40-24-48-26-46-40)36-12-5-4-11-35(36)41(37)33-16-31(19-43-21-33)39-23-47-25-45-39/h1-26H. The predicted octanol–water partition coefficient (Wildman–Crippen LogP) is 11.7. The molecular formula is C42H26N4S2. The largest absolute Gasteiger partial charge is 0.263 e. The molecule has 5 aromatic carbocycles. The highest BCUT2D eigenvalue weighted by Crippen LogP contribution is 2.45. The quantitative estimate of drug-likeness (QED) is 0.168. The second kappa shape index (κ2) is 12.1. The van der Waals surface area contributed by atoms with Crippen LogP contribution in [0.25, 0.3) is 88.6 Å². The molecule has 0 fully saturated rings. The Kier molecular flexibility index (Phi) is 7.15. The molecule has 0 bridgehead atoms. The molecule has 0 radical (unpaired) electrons. The second-order valence-corrected chi connectivity index (χ2v) is 13.1. The van der Waals surface area contributed by atoms with Crippen molar-refractivity contribution in [1.82, 2.24) is 19.9 Å². The Morgan fingerprint density at radius 3 is 1.44 bits per heavy atom. The number of nitrogens with zero attached hydrogens (tertiary/aromatic N) is 4. The molecule has 6 heteroatoms. The smallest absolute Gasteiger partial charge is 0.0826 e. The zero-order valence-corrected chi connectivity index (χ0v) is 27.2. The van der Waals surface area contributed by atoms with E-state index in [1.807, 2.05) is 35.8 Å². The van der Waals surface area contributed by atoms with Gasteiger partial charge in [0.25, 0.3) is 0 Å². The summed E-state index contributed by atoms with van der Waals surface area (Å²) in [7, 11) is 0. The molecule has 226 valence electrons. The van der Waals surface area contributed by atoms with E-state index in [-0.39, 0.29) is 0 Å². The SMILES string of the molecule is c1ccc(-c2cccc(-c3ccc4c(-c5cncc(-c6cscn6)c5)c5ccccc5c(-c5cncc(-c6cscn6)c5)c4c3)c2)cc1. The van der Waals surface area contributed by atoms with Crippen molar-refractivity contribution < 1.29 is 0 Å². The lowest BCUT2D eigenvalue weighted by Gasteiger charge is -2.19. The zero-order chi connectivity index (χ0) is 31.9. The Labute approximate surface area is 285 Å². The van der Waals surface area contributed by atoms with Crippen LogP contribution in [0.3, 0.4) is 0 Å². The van der Waals surface area contributed by atoms with E-state index in [1.165, 1.54) is 16.7 Å². The minimum atomic E-state index is 0.933. The molecule has 48 heavy (non-hydrogen) atoms. The first-order valence-electron chi connectivity index (χ1n) is 15.6. The van der Waals surface area contributed by atoms with Crippen molar-refractivity contribution in [2.75, 3.05) is 0 Å². The topological polar surface area (TPSA) is 51.6 Å². The summed E-state index contributed by atoms with van der Waals surface area (Å²) in [5.41, 5.74) is 16.7. The van der Waals surface area contributed by atoms with Gasteiger partial charge in [-0.2, -0.15) is 0 Å². The van der Waals surface area contributed by atoms with Gasteiger partial charge in [0.15, 0.2) is 0 Å². The summed E-state index contributed by atoms with van der Waals surface area (Å²) in [6.07, 6.45) is 7.74. The van der Waals surface area contributed by atoms with Crippen LogP contribution in [0.4, 0.5) is 0 Å². The highest BCUT2D eigenvalue weighted by Gasteiger charge is 2.19. The molecule has 0 aliphatic rings. The Morgan fingerprint density at radius 2 is 0.833 bits per heavy atom. The van der Waals surface area contributed by atoms with Crippen molar-refractivity contribution in [1.29, 1.82) is 0 Å². The summed E-state index contributed by atoms with van der Waals surface area (Å²) in [6, 6.07) is 39.3. The van der Waals surface area contributed by atoms with Crippen molar-refractivity contribution in [2.45, 2.75) is 0 Å². The molecule has 0 saturated heterocycles. The Morgan fingerprint density at radius 1 is 0.354 bits per heavy atom. The molecule has 9 rings (SSSR count). The fourth-order valence-electron chi connectivity index (χ4n) is 6.63. The van der Waals surface area contributed by atoms with Gasteiger partial charge < -0.3 is 0 Å². The van der Waals surface area contributed by atoms with Gasteiger partial charge in [-0.3, -0.25) is 9.97 Å². The molecule has 4 heterocycles. The lowest BCUT2D eigenvalue weighted by atomic mass is 9.85. The maximum absolute atomic E-state index is 4.73. The summed E-state index contributed by atoms with van der Waals surface area (Å²) < 4.78 is 0. The van der Waals surface area contributed by atoms with E-state index >= 15 is 0 Å². The number of hydrogen-bond acceptors (Lipinski definition) is 6. The van der Waals surface area contributed by atoms with Crippen LogP contribution in [0.5, 0.6) is 0 Å². The van der Waals surface area contributed by atoms with Crippen LogP contribution in [-0.2, 0) is 0 Å². The molecule has 4 nitrogen and oxygen atoms in total. The zero-order valence-electron chi connectivity index (χ0n) is 25.6. The lowest BCUT2D eigenvalue weighted by Crippen LogP contribution is -1.94. The minimum Gasteiger partial charge on any atom is -0.263 e. The van der Waals surface area contributed by atoms with Gasteiger partial charge in [0, 0.05) is 57.8 Å².